The minimum absolute atomic E-state index is 0.576. The van der Waals surface area contributed by atoms with E-state index in [-0.39, 0.29) is 0 Å². The molecule has 164 valence electrons. The molecule has 0 fully saturated rings. The van der Waals surface area contributed by atoms with Crippen LogP contribution in [0.5, 0.6) is 0 Å². The molecule has 0 saturated heterocycles. The fourth-order valence-corrected chi connectivity index (χ4v) is 4.57. The molecule has 6 aromatic rings. The lowest BCUT2D eigenvalue weighted by Gasteiger charge is -2.19. The van der Waals surface area contributed by atoms with Crippen LogP contribution in [0.15, 0.2) is 71.4 Å². The molecular formula is C27H20N6O. The molecule has 34 heavy (non-hydrogen) atoms. The molecule has 3 aromatic heterocycles. The van der Waals surface area contributed by atoms with Gasteiger partial charge in [0.1, 0.15) is 17.4 Å². The molecule has 3 heterocycles. The first kappa shape index (κ1) is 19.9. The summed E-state index contributed by atoms with van der Waals surface area (Å²) in [6, 6.07) is 24.4. The zero-order chi connectivity index (χ0) is 23.2. The molecule has 7 heteroatoms. The quantitative estimate of drug-likeness (QED) is 0.367. The molecule has 3 aromatic carbocycles. The van der Waals surface area contributed by atoms with Gasteiger partial charge in [-0.25, -0.2) is 9.61 Å². The minimum atomic E-state index is 0.576. The van der Waals surface area contributed by atoms with E-state index in [1.54, 1.807) is 0 Å². The standard InChI is InChI=1S/C27H20N6O/c1-16-8-3-4-9-18(16)14-19-17(2)20(15-28)27-29-21-10-5-6-13-24(21)33(27)26(19)30-22-11-7-12-23-25(22)32-34-31-23/h3-13,30H,14H2,1-2H3. The van der Waals surface area contributed by atoms with E-state index in [1.807, 2.05) is 65.9 Å². The normalized spacial score (nSPS) is 11.3. The first-order chi connectivity index (χ1) is 16.7. The highest BCUT2D eigenvalue weighted by molar-refractivity contribution is 5.92. The second-order valence-corrected chi connectivity index (χ2v) is 8.36. The number of rotatable bonds is 4. The molecule has 0 saturated carbocycles. The summed E-state index contributed by atoms with van der Waals surface area (Å²) in [4.78, 5) is 4.82. The van der Waals surface area contributed by atoms with Crippen LogP contribution in [-0.4, -0.2) is 19.7 Å². The van der Waals surface area contributed by atoms with Gasteiger partial charge in [-0.15, -0.1) is 0 Å². The highest BCUT2D eigenvalue weighted by Crippen LogP contribution is 2.35. The van der Waals surface area contributed by atoms with Crippen molar-refractivity contribution in [2.75, 3.05) is 5.32 Å². The van der Waals surface area contributed by atoms with Gasteiger partial charge in [-0.05, 0) is 65.1 Å². The van der Waals surface area contributed by atoms with Crippen LogP contribution in [0.4, 0.5) is 11.5 Å². The number of imidazole rings is 1. The van der Waals surface area contributed by atoms with E-state index in [4.69, 9.17) is 9.61 Å². The number of hydrogen-bond acceptors (Lipinski definition) is 6. The highest BCUT2D eigenvalue weighted by Gasteiger charge is 2.22. The molecule has 0 atom stereocenters. The van der Waals surface area contributed by atoms with Crippen molar-refractivity contribution < 1.29 is 4.63 Å². The third-order valence-electron chi connectivity index (χ3n) is 6.40. The maximum Gasteiger partial charge on any atom is 0.158 e. The molecule has 0 unspecified atom stereocenters. The van der Waals surface area contributed by atoms with Crippen molar-refractivity contribution in [2.45, 2.75) is 20.3 Å². The Kier molecular flexibility index (Phi) is 4.52. The van der Waals surface area contributed by atoms with Crippen molar-refractivity contribution >= 4 is 39.2 Å². The average molecular weight is 444 g/mol. The van der Waals surface area contributed by atoms with E-state index in [1.165, 1.54) is 11.1 Å². The van der Waals surface area contributed by atoms with E-state index in [9.17, 15) is 5.26 Å². The smallest absolute Gasteiger partial charge is 0.158 e. The molecule has 1 N–H and O–H groups in total. The number of para-hydroxylation sites is 2. The van der Waals surface area contributed by atoms with Crippen LogP contribution in [0.3, 0.4) is 0 Å². The molecule has 0 aliphatic rings. The summed E-state index contributed by atoms with van der Waals surface area (Å²) in [5.41, 5.74) is 9.36. The summed E-state index contributed by atoms with van der Waals surface area (Å²) < 4.78 is 7.03. The Morgan fingerprint density at radius 2 is 1.74 bits per heavy atom. The Hall–Kier alpha value is -4.70. The molecule has 7 nitrogen and oxygen atoms in total. The summed E-state index contributed by atoms with van der Waals surface area (Å²) in [6.45, 7) is 4.10. The lowest BCUT2D eigenvalue weighted by molar-refractivity contribution is 0.315. The van der Waals surface area contributed by atoms with Gasteiger partial charge in [0.05, 0.1) is 22.3 Å². The summed E-state index contributed by atoms with van der Waals surface area (Å²) in [5, 5.41) is 21.8. The van der Waals surface area contributed by atoms with Gasteiger partial charge in [0.15, 0.2) is 11.2 Å². The monoisotopic (exact) mass is 444 g/mol. The Labute approximate surface area is 195 Å². The van der Waals surface area contributed by atoms with Crippen LogP contribution in [0.2, 0.25) is 0 Å². The van der Waals surface area contributed by atoms with Gasteiger partial charge in [0.2, 0.25) is 0 Å². The fraction of sp³-hybridized carbons (Fsp3) is 0.111. The van der Waals surface area contributed by atoms with Gasteiger partial charge < -0.3 is 5.32 Å². The van der Waals surface area contributed by atoms with Crippen LogP contribution in [0.25, 0.3) is 27.7 Å². The molecule has 0 spiro atoms. The SMILES string of the molecule is Cc1ccccc1Cc1c(C)c(C#N)c2nc3ccccc3n2c1Nc1cccc2nonc12. The molecule has 0 bridgehead atoms. The van der Waals surface area contributed by atoms with Gasteiger partial charge in [0.25, 0.3) is 0 Å². The first-order valence-corrected chi connectivity index (χ1v) is 11.0. The largest absolute Gasteiger partial charge is 0.339 e. The molecule has 0 aliphatic carbocycles. The van der Waals surface area contributed by atoms with Crippen molar-refractivity contribution in [3.8, 4) is 6.07 Å². The summed E-state index contributed by atoms with van der Waals surface area (Å²) in [7, 11) is 0. The number of aryl methyl sites for hydroxylation is 1. The molecular weight excluding hydrogens is 424 g/mol. The third kappa shape index (κ3) is 3.00. The predicted octanol–water partition coefficient (Wildman–Crippen LogP) is 5.85. The van der Waals surface area contributed by atoms with E-state index < -0.39 is 0 Å². The number of anilines is 2. The second-order valence-electron chi connectivity index (χ2n) is 8.36. The highest BCUT2D eigenvalue weighted by atomic mass is 16.6. The van der Waals surface area contributed by atoms with Gasteiger partial charge in [-0.1, -0.05) is 42.5 Å². The maximum absolute atomic E-state index is 10.1. The van der Waals surface area contributed by atoms with Gasteiger partial charge in [0, 0.05) is 12.0 Å². The van der Waals surface area contributed by atoms with Crippen molar-refractivity contribution in [3.05, 3.63) is 94.5 Å². The number of nitrogens with one attached hydrogen (secondary N) is 1. The van der Waals surface area contributed by atoms with Crippen LogP contribution in [0, 0.1) is 25.2 Å². The van der Waals surface area contributed by atoms with Crippen LogP contribution < -0.4 is 5.32 Å². The fourth-order valence-electron chi connectivity index (χ4n) is 4.57. The summed E-state index contributed by atoms with van der Waals surface area (Å²) >= 11 is 0. The summed E-state index contributed by atoms with van der Waals surface area (Å²) in [6.07, 6.45) is 0.658. The first-order valence-electron chi connectivity index (χ1n) is 11.0. The average Bonchev–Trinajstić information content (AvgIpc) is 3.48. The lowest BCUT2D eigenvalue weighted by Crippen LogP contribution is -2.09. The van der Waals surface area contributed by atoms with E-state index in [0.717, 1.165) is 33.7 Å². The van der Waals surface area contributed by atoms with Crippen LogP contribution in [-0.2, 0) is 6.42 Å². The number of aromatic nitrogens is 4. The van der Waals surface area contributed by atoms with Crippen molar-refractivity contribution in [2.24, 2.45) is 0 Å². The lowest BCUT2D eigenvalue weighted by atomic mass is 9.95. The van der Waals surface area contributed by atoms with E-state index >= 15 is 0 Å². The molecule has 0 amide bonds. The molecule has 0 radical (unpaired) electrons. The Balaban J connectivity index is 1.70. The predicted molar refractivity (Wildman–Crippen MR) is 131 cm³/mol. The van der Waals surface area contributed by atoms with Crippen molar-refractivity contribution in [3.63, 3.8) is 0 Å². The minimum Gasteiger partial charge on any atom is -0.339 e. The zero-order valence-electron chi connectivity index (χ0n) is 18.7. The van der Waals surface area contributed by atoms with Crippen molar-refractivity contribution in [1.29, 1.82) is 5.26 Å². The maximum atomic E-state index is 10.1. The zero-order valence-corrected chi connectivity index (χ0v) is 18.7. The second kappa shape index (κ2) is 7.71. The topological polar surface area (TPSA) is 92.0 Å². The van der Waals surface area contributed by atoms with Gasteiger partial charge >= 0.3 is 0 Å². The Bertz CT molecular complexity index is 1750. The number of nitrogens with zero attached hydrogens (tertiary/aromatic N) is 5. The number of pyridine rings is 1. The van der Waals surface area contributed by atoms with Crippen LogP contribution in [0.1, 0.15) is 27.8 Å². The summed E-state index contributed by atoms with van der Waals surface area (Å²) in [5.74, 6) is 0.846. The van der Waals surface area contributed by atoms with Crippen molar-refractivity contribution in [1.82, 2.24) is 19.7 Å². The number of benzene rings is 3. The van der Waals surface area contributed by atoms with E-state index in [0.29, 0.717) is 28.7 Å². The molecule has 0 aliphatic heterocycles. The molecule has 6 rings (SSSR count). The number of fused-ring (bicyclic) bond motifs is 4. The Morgan fingerprint density at radius 1 is 0.941 bits per heavy atom. The third-order valence-corrected chi connectivity index (χ3v) is 6.40. The Morgan fingerprint density at radius 3 is 2.59 bits per heavy atom. The van der Waals surface area contributed by atoms with Gasteiger partial charge in [-0.3, -0.25) is 4.40 Å². The number of nitriles is 1. The van der Waals surface area contributed by atoms with Gasteiger partial charge in [-0.2, -0.15) is 5.26 Å². The number of hydrogen-bond donors (Lipinski definition) is 1. The van der Waals surface area contributed by atoms with Crippen LogP contribution >= 0.6 is 0 Å². The van der Waals surface area contributed by atoms with E-state index in [2.05, 4.69) is 40.8 Å².